The highest BCUT2D eigenvalue weighted by atomic mass is 19.1. The summed E-state index contributed by atoms with van der Waals surface area (Å²) in [5.74, 6) is -1.85. The lowest BCUT2D eigenvalue weighted by atomic mass is 10.1. The summed E-state index contributed by atoms with van der Waals surface area (Å²) in [5, 5.41) is 0. The van der Waals surface area contributed by atoms with Crippen LogP contribution in [0.2, 0.25) is 0 Å². The number of halogens is 1. The molecule has 0 unspecified atom stereocenters. The van der Waals surface area contributed by atoms with Crippen LogP contribution in [0, 0.1) is 5.82 Å². The summed E-state index contributed by atoms with van der Waals surface area (Å²) in [7, 11) is 1.18. The molecule has 1 aromatic rings. The second kappa shape index (κ2) is 5.79. The number of methoxy groups -OCH3 is 1. The Morgan fingerprint density at radius 2 is 2.18 bits per heavy atom. The van der Waals surface area contributed by atoms with Gasteiger partial charge in [0.25, 0.3) is 0 Å². The van der Waals surface area contributed by atoms with Crippen LogP contribution < -0.4 is 5.73 Å². The summed E-state index contributed by atoms with van der Waals surface area (Å²) in [5.41, 5.74) is 5.40. The predicted molar refractivity (Wildman–Crippen MR) is 60.6 cm³/mol. The number of hydrogen-bond donors (Lipinski definition) is 1. The fourth-order valence-corrected chi connectivity index (χ4v) is 1.22. The Morgan fingerprint density at radius 1 is 1.47 bits per heavy atom. The number of nitrogens with two attached hydrogens (primary N) is 1. The molecule has 4 nitrogen and oxygen atoms in total. The number of esters is 1. The lowest BCUT2D eigenvalue weighted by molar-refractivity contribution is -0.117. The molecule has 1 rings (SSSR count). The van der Waals surface area contributed by atoms with Gasteiger partial charge in [-0.05, 0) is 17.7 Å². The van der Waals surface area contributed by atoms with E-state index >= 15 is 0 Å². The van der Waals surface area contributed by atoms with E-state index in [0.29, 0.717) is 5.56 Å². The van der Waals surface area contributed by atoms with Crippen molar-refractivity contribution in [1.29, 1.82) is 0 Å². The highest BCUT2D eigenvalue weighted by Gasteiger charge is 2.11. The lowest BCUT2D eigenvalue weighted by Crippen LogP contribution is -2.08. The molecule has 0 spiro atoms. The van der Waals surface area contributed by atoms with Gasteiger partial charge in [0.05, 0.1) is 12.7 Å². The van der Waals surface area contributed by atoms with Crippen molar-refractivity contribution >= 4 is 18.0 Å². The van der Waals surface area contributed by atoms with Crippen molar-refractivity contribution in [2.24, 2.45) is 5.73 Å². The van der Waals surface area contributed by atoms with Crippen molar-refractivity contribution in [3.63, 3.8) is 0 Å². The number of amides is 1. The van der Waals surface area contributed by atoms with Gasteiger partial charge < -0.3 is 10.5 Å². The average Bonchev–Trinajstić information content (AvgIpc) is 2.30. The van der Waals surface area contributed by atoms with Gasteiger partial charge in [0.2, 0.25) is 5.91 Å². The molecule has 0 atom stereocenters. The van der Waals surface area contributed by atoms with Gasteiger partial charge in [-0.2, -0.15) is 0 Å². The Kier molecular flexibility index (Phi) is 4.39. The Morgan fingerprint density at radius 3 is 2.76 bits per heavy atom. The van der Waals surface area contributed by atoms with Gasteiger partial charge in [-0.1, -0.05) is 18.2 Å². The molecule has 1 aromatic carbocycles. The number of benzene rings is 1. The third-order valence-corrected chi connectivity index (χ3v) is 2.03. The number of primary amides is 1. The number of ether oxygens (including phenoxy) is 1. The van der Waals surface area contributed by atoms with Crippen LogP contribution in [0.5, 0.6) is 0 Å². The fraction of sp³-hybridized carbons (Fsp3) is 0.167. The summed E-state index contributed by atoms with van der Waals surface area (Å²) in [6, 6.07) is 3.99. The molecule has 0 heterocycles. The lowest BCUT2D eigenvalue weighted by Gasteiger charge is -2.02. The van der Waals surface area contributed by atoms with E-state index in [1.807, 2.05) is 0 Å². The number of hydrogen-bond acceptors (Lipinski definition) is 3. The highest BCUT2D eigenvalue weighted by Crippen LogP contribution is 2.13. The molecule has 0 radical (unpaired) electrons. The molecule has 0 saturated heterocycles. The summed E-state index contributed by atoms with van der Waals surface area (Å²) >= 11 is 0. The number of rotatable bonds is 4. The molecular formula is C12H12FNO3. The van der Waals surface area contributed by atoms with Crippen LogP contribution in [0.25, 0.3) is 6.08 Å². The fourth-order valence-electron chi connectivity index (χ4n) is 1.22. The maximum atomic E-state index is 13.3. The van der Waals surface area contributed by atoms with Crippen LogP contribution in [0.1, 0.15) is 22.3 Å². The van der Waals surface area contributed by atoms with Crippen molar-refractivity contribution in [3.05, 3.63) is 41.2 Å². The molecule has 5 heteroatoms. The topological polar surface area (TPSA) is 69.4 Å². The van der Waals surface area contributed by atoms with E-state index < -0.39 is 17.7 Å². The molecule has 0 saturated carbocycles. The second-order valence-electron chi connectivity index (χ2n) is 3.30. The van der Waals surface area contributed by atoms with Crippen molar-refractivity contribution in [1.82, 2.24) is 0 Å². The molecule has 2 N–H and O–H groups in total. The van der Waals surface area contributed by atoms with Crippen LogP contribution in [0.4, 0.5) is 4.39 Å². The Bertz CT molecular complexity index is 469. The summed E-state index contributed by atoms with van der Waals surface area (Å²) in [6.45, 7) is 0. The van der Waals surface area contributed by atoms with E-state index in [4.69, 9.17) is 5.73 Å². The van der Waals surface area contributed by atoms with Crippen LogP contribution in [-0.2, 0) is 9.53 Å². The monoisotopic (exact) mass is 237 g/mol. The zero-order chi connectivity index (χ0) is 12.8. The quantitative estimate of drug-likeness (QED) is 0.807. The smallest absolute Gasteiger partial charge is 0.340 e. The van der Waals surface area contributed by atoms with Crippen molar-refractivity contribution in [2.75, 3.05) is 7.11 Å². The van der Waals surface area contributed by atoms with Gasteiger partial charge in [-0.15, -0.1) is 0 Å². The molecular weight excluding hydrogens is 225 g/mol. The molecule has 0 bridgehead atoms. The molecule has 0 aliphatic heterocycles. The van der Waals surface area contributed by atoms with E-state index in [-0.39, 0.29) is 12.0 Å². The highest BCUT2D eigenvalue weighted by molar-refractivity contribution is 5.90. The molecule has 17 heavy (non-hydrogen) atoms. The molecule has 0 aliphatic carbocycles. The molecule has 0 fully saturated rings. The zero-order valence-corrected chi connectivity index (χ0v) is 9.27. The van der Waals surface area contributed by atoms with Gasteiger partial charge in [0, 0.05) is 6.42 Å². The molecule has 0 aromatic heterocycles. The second-order valence-corrected chi connectivity index (χ2v) is 3.30. The molecule has 0 aliphatic rings. The van der Waals surface area contributed by atoms with Gasteiger partial charge in [0.15, 0.2) is 0 Å². The standard InChI is InChI=1S/C12H12FNO3/c1-17-12(16)9-7-8(5-6-10(9)13)3-2-4-11(14)15/h2-3,5-7H,4H2,1H3,(H2,14,15). The van der Waals surface area contributed by atoms with Crippen molar-refractivity contribution < 1.29 is 18.7 Å². The van der Waals surface area contributed by atoms with Gasteiger partial charge in [-0.25, -0.2) is 9.18 Å². The normalized spacial score (nSPS) is 10.5. The van der Waals surface area contributed by atoms with Crippen molar-refractivity contribution in [3.8, 4) is 0 Å². The summed E-state index contributed by atoms with van der Waals surface area (Å²) in [4.78, 5) is 21.7. The first-order chi connectivity index (χ1) is 8.04. The maximum absolute atomic E-state index is 13.3. The minimum Gasteiger partial charge on any atom is -0.465 e. The first kappa shape index (κ1) is 12.9. The third-order valence-electron chi connectivity index (χ3n) is 2.03. The third kappa shape index (κ3) is 3.71. The van der Waals surface area contributed by atoms with Gasteiger partial charge in [0.1, 0.15) is 5.82 Å². The zero-order valence-electron chi connectivity index (χ0n) is 9.27. The molecule has 1 amide bonds. The molecule has 90 valence electrons. The Hall–Kier alpha value is -2.17. The Balaban J connectivity index is 2.92. The van der Waals surface area contributed by atoms with E-state index in [1.54, 1.807) is 6.08 Å². The van der Waals surface area contributed by atoms with E-state index in [0.717, 1.165) is 6.07 Å². The van der Waals surface area contributed by atoms with Gasteiger partial charge >= 0.3 is 5.97 Å². The SMILES string of the molecule is COC(=O)c1cc(C=CCC(N)=O)ccc1F. The van der Waals surface area contributed by atoms with Crippen LogP contribution in [0.3, 0.4) is 0 Å². The van der Waals surface area contributed by atoms with E-state index in [9.17, 15) is 14.0 Å². The van der Waals surface area contributed by atoms with E-state index in [2.05, 4.69) is 4.74 Å². The predicted octanol–water partition coefficient (Wildman–Crippen LogP) is 1.50. The summed E-state index contributed by atoms with van der Waals surface area (Å²) in [6.07, 6.45) is 3.21. The largest absolute Gasteiger partial charge is 0.465 e. The first-order valence-corrected chi connectivity index (χ1v) is 4.87. The number of carbonyl (C=O) groups is 2. The van der Waals surface area contributed by atoms with E-state index in [1.165, 1.54) is 25.3 Å². The maximum Gasteiger partial charge on any atom is 0.340 e. The number of carbonyl (C=O) groups excluding carboxylic acids is 2. The average molecular weight is 237 g/mol. The summed E-state index contributed by atoms with van der Waals surface area (Å²) < 4.78 is 17.7. The first-order valence-electron chi connectivity index (χ1n) is 4.87. The van der Waals surface area contributed by atoms with Crippen molar-refractivity contribution in [2.45, 2.75) is 6.42 Å². The van der Waals surface area contributed by atoms with Crippen LogP contribution in [0.15, 0.2) is 24.3 Å². The van der Waals surface area contributed by atoms with Gasteiger partial charge in [-0.3, -0.25) is 4.79 Å². The van der Waals surface area contributed by atoms with Crippen LogP contribution in [-0.4, -0.2) is 19.0 Å². The van der Waals surface area contributed by atoms with Crippen LogP contribution >= 0.6 is 0 Å². The Labute approximate surface area is 97.9 Å². The minimum absolute atomic E-state index is 0.0882. The minimum atomic E-state index is -0.743.